The van der Waals surface area contributed by atoms with Crippen molar-refractivity contribution in [2.45, 2.75) is 26.8 Å². The second-order valence-corrected chi connectivity index (χ2v) is 6.55. The van der Waals surface area contributed by atoms with Gasteiger partial charge >= 0.3 is 0 Å². The average Bonchev–Trinajstić information content (AvgIpc) is 2.66. The molecule has 0 radical (unpaired) electrons. The molecule has 2 aromatic carbocycles. The van der Waals surface area contributed by atoms with Gasteiger partial charge < -0.3 is 21.3 Å². The van der Waals surface area contributed by atoms with E-state index in [1.807, 2.05) is 20.8 Å². The van der Waals surface area contributed by atoms with Gasteiger partial charge in [-0.15, -0.1) is 0 Å². The Morgan fingerprint density at radius 1 is 0.893 bits per heavy atom. The van der Waals surface area contributed by atoms with Gasteiger partial charge in [-0.3, -0.25) is 14.4 Å². The minimum atomic E-state index is -0.259. The van der Waals surface area contributed by atoms with Crippen LogP contribution in [-0.4, -0.2) is 36.9 Å². The van der Waals surface area contributed by atoms with Gasteiger partial charge in [0.15, 0.2) is 0 Å². The molecule has 0 fully saturated rings. The Morgan fingerprint density at radius 3 is 2.14 bits per heavy atom. The van der Waals surface area contributed by atoms with Crippen LogP contribution in [0.5, 0.6) is 0 Å². The molecule has 7 heteroatoms. The van der Waals surface area contributed by atoms with Crippen molar-refractivity contribution < 1.29 is 14.4 Å². The maximum Gasteiger partial charge on any atom is 0.251 e. The van der Waals surface area contributed by atoms with Gasteiger partial charge in [-0.1, -0.05) is 12.1 Å². The van der Waals surface area contributed by atoms with Crippen molar-refractivity contribution in [1.29, 1.82) is 0 Å². The highest BCUT2D eigenvalue weighted by Gasteiger charge is 2.09. The summed E-state index contributed by atoms with van der Waals surface area (Å²) in [4.78, 5) is 36.2. The molecule has 0 spiro atoms. The standard InChI is InChI=1S/C21H26N4O3/c1-4-22-20(27)15-7-5-9-17(11-15)23-13-19(26)25-18-10-6-8-16(12-18)21(28)24-14(2)3/h5-12,14,23H,4,13H2,1-3H3,(H,22,27)(H,24,28)(H,25,26). The van der Waals surface area contributed by atoms with E-state index < -0.39 is 0 Å². The minimum absolute atomic E-state index is 0.0290. The number of hydrogen-bond acceptors (Lipinski definition) is 4. The predicted molar refractivity (Wildman–Crippen MR) is 111 cm³/mol. The number of benzene rings is 2. The Kier molecular flexibility index (Phi) is 7.56. The second-order valence-electron chi connectivity index (χ2n) is 6.55. The largest absolute Gasteiger partial charge is 0.376 e. The fourth-order valence-electron chi connectivity index (χ4n) is 2.50. The highest BCUT2D eigenvalue weighted by molar-refractivity contribution is 5.98. The summed E-state index contributed by atoms with van der Waals surface area (Å²) in [5.41, 5.74) is 2.22. The Labute approximate surface area is 164 Å². The van der Waals surface area contributed by atoms with Crippen LogP contribution in [0.15, 0.2) is 48.5 Å². The van der Waals surface area contributed by atoms with E-state index in [9.17, 15) is 14.4 Å². The lowest BCUT2D eigenvalue weighted by atomic mass is 10.1. The number of hydrogen-bond donors (Lipinski definition) is 4. The van der Waals surface area contributed by atoms with Crippen molar-refractivity contribution in [3.63, 3.8) is 0 Å². The Balaban J connectivity index is 1.93. The Hall–Kier alpha value is -3.35. The third-order valence-electron chi connectivity index (χ3n) is 3.74. The lowest BCUT2D eigenvalue weighted by Gasteiger charge is -2.11. The van der Waals surface area contributed by atoms with Crippen LogP contribution in [0.4, 0.5) is 11.4 Å². The summed E-state index contributed by atoms with van der Waals surface area (Å²) in [6.07, 6.45) is 0. The van der Waals surface area contributed by atoms with E-state index >= 15 is 0 Å². The first kappa shape index (κ1) is 21.0. The molecule has 2 aromatic rings. The molecule has 7 nitrogen and oxygen atoms in total. The van der Waals surface area contributed by atoms with Gasteiger partial charge in [0.2, 0.25) is 5.91 Å². The summed E-state index contributed by atoms with van der Waals surface area (Å²) in [5, 5.41) is 11.3. The van der Waals surface area contributed by atoms with E-state index in [-0.39, 0.29) is 30.3 Å². The van der Waals surface area contributed by atoms with E-state index in [1.54, 1.807) is 48.5 Å². The first-order valence-electron chi connectivity index (χ1n) is 9.22. The van der Waals surface area contributed by atoms with Crippen molar-refractivity contribution >= 4 is 29.1 Å². The van der Waals surface area contributed by atoms with Crippen LogP contribution in [0.1, 0.15) is 41.5 Å². The minimum Gasteiger partial charge on any atom is -0.376 e. The summed E-state index contributed by atoms with van der Waals surface area (Å²) in [5.74, 6) is -0.608. The fourth-order valence-corrected chi connectivity index (χ4v) is 2.50. The number of anilines is 2. The Morgan fingerprint density at radius 2 is 1.50 bits per heavy atom. The zero-order valence-corrected chi connectivity index (χ0v) is 16.3. The third kappa shape index (κ3) is 6.42. The summed E-state index contributed by atoms with van der Waals surface area (Å²) in [7, 11) is 0. The first-order chi connectivity index (χ1) is 13.4. The monoisotopic (exact) mass is 382 g/mol. The lowest BCUT2D eigenvalue weighted by Crippen LogP contribution is -2.30. The van der Waals surface area contributed by atoms with Crippen LogP contribution in [0.3, 0.4) is 0 Å². The van der Waals surface area contributed by atoms with Crippen LogP contribution < -0.4 is 21.3 Å². The quantitative estimate of drug-likeness (QED) is 0.564. The topological polar surface area (TPSA) is 99.3 Å². The van der Waals surface area contributed by atoms with Gasteiger partial charge in [0.05, 0.1) is 6.54 Å². The van der Waals surface area contributed by atoms with Gasteiger partial charge in [-0.25, -0.2) is 0 Å². The van der Waals surface area contributed by atoms with Crippen LogP contribution >= 0.6 is 0 Å². The first-order valence-corrected chi connectivity index (χ1v) is 9.22. The predicted octanol–water partition coefficient (Wildman–Crippen LogP) is 2.63. The van der Waals surface area contributed by atoms with Crippen LogP contribution in [0.2, 0.25) is 0 Å². The molecular weight excluding hydrogens is 356 g/mol. The summed E-state index contributed by atoms with van der Waals surface area (Å²) in [6, 6.07) is 13.7. The molecule has 0 saturated heterocycles. The number of nitrogens with one attached hydrogen (secondary N) is 4. The maximum absolute atomic E-state index is 12.2. The lowest BCUT2D eigenvalue weighted by molar-refractivity contribution is -0.114. The van der Waals surface area contributed by atoms with Crippen LogP contribution in [0, 0.1) is 0 Å². The molecule has 0 heterocycles. The van der Waals surface area contributed by atoms with Crippen LogP contribution in [-0.2, 0) is 4.79 Å². The normalized spacial score (nSPS) is 10.3. The molecule has 2 rings (SSSR count). The van der Waals surface area contributed by atoms with E-state index in [4.69, 9.17) is 0 Å². The van der Waals surface area contributed by atoms with Crippen molar-refractivity contribution in [3.05, 3.63) is 59.7 Å². The molecule has 0 atom stereocenters. The number of amides is 3. The zero-order valence-electron chi connectivity index (χ0n) is 16.3. The SMILES string of the molecule is CCNC(=O)c1cccc(NCC(=O)Nc2cccc(C(=O)NC(C)C)c2)c1. The fraction of sp³-hybridized carbons (Fsp3) is 0.286. The van der Waals surface area contributed by atoms with Gasteiger partial charge in [0.1, 0.15) is 0 Å². The van der Waals surface area contributed by atoms with Gasteiger partial charge in [0.25, 0.3) is 11.8 Å². The molecule has 0 saturated carbocycles. The van der Waals surface area contributed by atoms with Gasteiger partial charge in [0, 0.05) is 35.1 Å². The van der Waals surface area contributed by atoms with Crippen molar-refractivity contribution in [2.24, 2.45) is 0 Å². The molecular formula is C21H26N4O3. The second kappa shape index (κ2) is 10.1. The molecule has 0 aliphatic carbocycles. The number of rotatable bonds is 8. The van der Waals surface area contributed by atoms with E-state index in [1.165, 1.54) is 0 Å². The molecule has 0 aliphatic heterocycles. The highest BCUT2D eigenvalue weighted by Crippen LogP contribution is 2.12. The average molecular weight is 382 g/mol. The molecule has 4 N–H and O–H groups in total. The Bertz CT molecular complexity index is 849. The highest BCUT2D eigenvalue weighted by atomic mass is 16.2. The molecule has 28 heavy (non-hydrogen) atoms. The van der Waals surface area contributed by atoms with Crippen molar-refractivity contribution in [2.75, 3.05) is 23.7 Å². The molecule has 0 aromatic heterocycles. The molecule has 0 bridgehead atoms. The van der Waals surface area contributed by atoms with Crippen molar-refractivity contribution in [1.82, 2.24) is 10.6 Å². The maximum atomic E-state index is 12.2. The summed E-state index contributed by atoms with van der Waals surface area (Å²) >= 11 is 0. The number of carbonyl (C=O) groups excluding carboxylic acids is 3. The van der Waals surface area contributed by atoms with Crippen molar-refractivity contribution in [3.8, 4) is 0 Å². The third-order valence-corrected chi connectivity index (χ3v) is 3.74. The smallest absolute Gasteiger partial charge is 0.251 e. The van der Waals surface area contributed by atoms with Gasteiger partial charge in [-0.05, 0) is 57.2 Å². The van der Waals surface area contributed by atoms with E-state index in [0.29, 0.717) is 29.0 Å². The molecule has 148 valence electrons. The van der Waals surface area contributed by atoms with Crippen LogP contribution in [0.25, 0.3) is 0 Å². The summed E-state index contributed by atoms with van der Waals surface area (Å²) < 4.78 is 0. The molecule has 0 aliphatic rings. The van der Waals surface area contributed by atoms with E-state index in [2.05, 4.69) is 21.3 Å². The van der Waals surface area contributed by atoms with E-state index in [0.717, 1.165) is 0 Å². The molecule has 3 amide bonds. The summed E-state index contributed by atoms with van der Waals surface area (Å²) in [6.45, 7) is 6.20. The molecule has 0 unspecified atom stereocenters. The zero-order chi connectivity index (χ0) is 20.5. The number of carbonyl (C=O) groups is 3. The van der Waals surface area contributed by atoms with Gasteiger partial charge in [-0.2, -0.15) is 0 Å².